The van der Waals surface area contributed by atoms with Gasteiger partial charge < -0.3 is 10.6 Å². The van der Waals surface area contributed by atoms with Crippen LogP contribution in [0.25, 0.3) is 0 Å². The van der Waals surface area contributed by atoms with Gasteiger partial charge in [-0.2, -0.15) is 0 Å². The highest BCUT2D eigenvalue weighted by Gasteiger charge is 2.22. The number of nitrogens with zero attached hydrogens (tertiary/aromatic N) is 3. The van der Waals surface area contributed by atoms with Crippen molar-refractivity contribution in [3.05, 3.63) is 16.1 Å². The number of rotatable bonds is 6. The van der Waals surface area contributed by atoms with E-state index < -0.39 is 0 Å². The Labute approximate surface area is 192 Å². The fourth-order valence-corrected chi connectivity index (χ4v) is 5.09. The molecule has 2 fully saturated rings. The highest BCUT2D eigenvalue weighted by molar-refractivity contribution is 14.0. The zero-order chi connectivity index (χ0) is 19.1. The normalized spacial score (nSPS) is 24.6. The van der Waals surface area contributed by atoms with Gasteiger partial charge in [-0.1, -0.05) is 26.7 Å². The molecular formula is C21H38IN5S. The maximum Gasteiger partial charge on any atom is 0.191 e. The Bertz CT molecular complexity index is 597. The fourth-order valence-electron chi connectivity index (χ4n) is 4.36. The topological polar surface area (TPSA) is 52.6 Å². The Kier molecular flexibility index (Phi) is 10.5. The quantitative estimate of drug-likeness (QED) is 0.335. The molecule has 160 valence electrons. The first-order chi connectivity index (χ1) is 13.2. The Morgan fingerprint density at radius 1 is 1.29 bits per heavy atom. The van der Waals surface area contributed by atoms with Crippen molar-refractivity contribution in [2.75, 3.05) is 26.7 Å². The molecule has 1 aliphatic carbocycles. The Morgan fingerprint density at radius 3 is 2.71 bits per heavy atom. The van der Waals surface area contributed by atoms with E-state index in [0.29, 0.717) is 6.04 Å². The van der Waals surface area contributed by atoms with Crippen molar-refractivity contribution in [1.82, 2.24) is 20.5 Å². The van der Waals surface area contributed by atoms with Crippen molar-refractivity contribution < 1.29 is 0 Å². The molecular weight excluding hydrogens is 481 g/mol. The second kappa shape index (κ2) is 12.3. The van der Waals surface area contributed by atoms with Gasteiger partial charge in [-0.3, -0.25) is 9.89 Å². The second-order valence-electron chi connectivity index (χ2n) is 8.37. The summed E-state index contributed by atoms with van der Waals surface area (Å²) < 4.78 is 0. The molecule has 1 aromatic rings. The Hall–Kier alpha value is -0.410. The summed E-state index contributed by atoms with van der Waals surface area (Å²) in [6.07, 6.45) is 8.84. The lowest BCUT2D eigenvalue weighted by atomic mass is 9.87. The summed E-state index contributed by atoms with van der Waals surface area (Å²) in [4.78, 5) is 11.7. The third kappa shape index (κ3) is 7.44. The molecule has 1 aliphatic heterocycles. The van der Waals surface area contributed by atoms with Crippen LogP contribution >= 0.6 is 35.3 Å². The number of thiazole rings is 1. The number of aliphatic imine (C=N–C) groups is 1. The SMILES string of the molecule is CCc1nc(CN2CCC(CNC(=NC)NC3CCCC(C)C3)CC2)cs1.I. The van der Waals surface area contributed by atoms with Crippen LogP contribution in [0.3, 0.4) is 0 Å². The summed E-state index contributed by atoms with van der Waals surface area (Å²) >= 11 is 1.80. The van der Waals surface area contributed by atoms with Gasteiger partial charge in [0.05, 0.1) is 10.7 Å². The van der Waals surface area contributed by atoms with Crippen LogP contribution in [0.2, 0.25) is 0 Å². The molecule has 2 unspecified atom stereocenters. The molecule has 7 heteroatoms. The highest BCUT2D eigenvalue weighted by atomic mass is 127. The smallest absolute Gasteiger partial charge is 0.191 e. The molecule has 0 spiro atoms. The molecule has 0 aromatic carbocycles. The standard InChI is InChI=1S/C21H37N5S.HI/c1-4-20-24-19(15-27-20)14-26-10-8-17(9-11-26)13-23-21(22-3)25-18-7-5-6-16(2)12-18;/h15-18H,4-14H2,1-3H3,(H2,22,23,25);1H. The minimum atomic E-state index is 0. The van der Waals surface area contributed by atoms with Crippen molar-refractivity contribution in [3.63, 3.8) is 0 Å². The van der Waals surface area contributed by atoms with E-state index in [1.165, 1.54) is 62.3 Å². The van der Waals surface area contributed by atoms with Gasteiger partial charge in [0, 0.05) is 31.6 Å². The molecule has 28 heavy (non-hydrogen) atoms. The van der Waals surface area contributed by atoms with Gasteiger partial charge in [0.2, 0.25) is 0 Å². The summed E-state index contributed by atoms with van der Waals surface area (Å²) in [6.45, 7) is 8.95. The number of piperidine rings is 1. The predicted octanol–water partition coefficient (Wildman–Crippen LogP) is 4.28. The maximum atomic E-state index is 4.71. The largest absolute Gasteiger partial charge is 0.356 e. The lowest BCUT2D eigenvalue weighted by molar-refractivity contribution is 0.176. The van der Waals surface area contributed by atoms with E-state index >= 15 is 0 Å². The third-order valence-corrected chi connectivity index (χ3v) is 7.10. The number of hydrogen-bond acceptors (Lipinski definition) is 4. The molecule has 1 saturated carbocycles. The minimum Gasteiger partial charge on any atom is -0.356 e. The first kappa shape index (κ1) is 23.9. The molecule has 0 bridgehead atoms. The number of halogens is 1. The van der Waals surface area contributed by atoms with Crippen LogP contribution in [0, 0.1) is 11.8 Å². The molecule has 5 nitrogen and oxygen atoms in total. The molecule has 0 amide bonds. The van der Waals surface area contributed by atoms with Crippen LogP contribution in [0.4, 0.5) is 0 Å². The number of nitrogens with one attached hydrogen (secondary N) is 2. The Balaban J connectivity index is 0.00000280. The van der Waals surface area contributed by atoms with Crippen molar-refractivity contribution >= 4 is 41.3 Å². The van der Waals surface area contributed by atoms with E-state index in [2.05, 4.69) is 39.8 Å². The van der Waals surface area contributed by atoms with Crippen LogP contribution in [0.1, 0.15) is 63.1 Å². The van der Waals surface area contributed by atoms with E-state index in [-0.39, 0.29) is 24.0 Å². The van der Waals surface area contributed by atoms with Crippen molar-refractivity contribution in [2.45, 2.75) is 71.4 Å². The van der Waals surface area contributed by atoms with Gasteiger partial charge in [0.25, 0.3) is 0 Å². The van der Waals surface area contributed by atoms with Crippen molar-refractivity contribution in [1.29, 1.82) is 0 Å². The van der Waals surface area contributed by atoms with Gasteiger partial charge >= 0.3 is 0 Å². The summed E-state index contributed by atoms with van der Waals surface area (Å²) in [7, 11) is 1.89. The summed E-state index contributed by atoms with van der Waals surface area (Å²) in [5.74, 6) is 2.57. The highest BCUT2D eigenvalue weighted by Crippen LogP contribution is 2.23. The zero-order valence-electron chi connectivity index (χ0n) is 17.7. The van der Waals surface area contributed by atoms with Crippen LogP contribution in [0.5, 0.6) is 0 Å². The monoisotopic (exact) mass is 519 g/mol. The van der Waals surface area contributed by atoms with E-state index in [0.717, 1.165) is 37.3 Å². The summed E-state index contributed by atoms with van der Waals surface area (Å²) in [5.41, 5.74) is 1.25. The number of aryl methyl sites for hydroxylation is 1. The average molecular weight is 520 g/mol. The van der Waals surface area contributed by atoms with Gasteiger partial charge in [0.1, 0.15) is 0 Å². The summed E-state index contributed by atoms with van der Waals surface area (Å²) in [5, 5.41) is 10.7. The van der Waals surface area contributed by atoms with Crippen molar-refractivity contribution in [2.24, 2.45) is 16.8 Å². The predicted molar refractivity (Wildman–Crippen MR) is 131 cm³/mol. The number of aromatic nitrogens is 1. The summed E-state index contributed by atoms with van der Waals surface area (Å²) in [6, 6.07) is 0.591. The van der Waals surface area contributed by atoms with E-state index in [4.69, 9.17) is 4.98 Å². The molecule has 2 N–H and O–H groups in total. The first-order valence-corrected chi connectivity index (χ1v) is 11.7. The third-order valence-electron chi connectivity index (χ3n) is 6.05. The number of guanidine groups is 1. The second-order valence-corrected chi connectivity index (χ2v) is 9.31. The van der Waals surface area contributed by atoms with Gasteiger partial charge in [-0.15, -0.1) is 35.3 Å². The minimum absolute atomic E-state index is 0. The number of hydrogen-bond donors (Lipinski definition) is 2. The van der Waals surface area contributed by atoms with E-state index in [1.54, 1.807) is 11.3 Å². The molecule has 1 aromatic heterocycles. The molecule has 2 atom stereocenters. The molecule has 2 heterocycles. The van der Waals surface area contributed by atoms with Crippen LogP contribution in [-0.2, 0) is 13.0 Å². The van der Waals surface area contributed by atoms with E-state index in [1.807, 2.05) is 7.05 Å². The van der Waals surface area contributed by atoms with Crippen LogP contribution in [-0.4, -0.2) is 48.6 Å². The fraction of sp³-hybridized carbons (Fsp3) is 0.810. The molecule has 2 aliphatic rings. The molecule has 3 rings (SSSR count). The van der Waals surface area contributed by atoms with Gasteiger partial charge in [0.15, 0.2) is 5.96 Å². The molecule has 1 saturated heterocycles. The van der Waals surface area contributed by atoms with Gasteiger partial charge in [-0.25, -0.2) is 4.98 Å². The Morgan fingerprint density at radius 2 is 2.07 bits per heavy atom. The molecule has 0 radical (unpaired) electrons. The lowest BCUT2D eigenvalue weighted by Gasteiger charge is -2.32. The maximum absolute atomic E-state index is 4.71. The van der Waals surface area contributed by atoms with Crippen molar-refractivity contribution in [3.8, 4) is 0 Å². The lowest BCUT2D eigenvalue weighted by Crippen LogP contribution is -2.47. The zero-order valence-corrected chi connectivity index (χ0v) is 20.9. The number of likely N-dealkylation sites (tertiary alicyclic amines) is 1. The van der Waals surface area contributed by atoms with Crippen LogP contribution < -0.4 is 10.6 Å². The van der Waals surface area contributed by atoms with Gasteiger partial charge in [-0.05, 0) is 57.0 Å². The van der Waals surface area contributed by atoms with Crippen LogP contribution in [0.15, 0.2) is 10.4 Å². The first-order valence-electron chi connectivity index (χ1n) is 10.8. The van der Waals surface area contributed by atoms with E-state index in [9.17, 15) is 0 Å². The average Bonchev–Trinajstić information content (AvgIpc) is 3.14.